The van der Waals surface area contributed by atoms with Crippen molar-refractivity contribution < 1.29 is 23.1 Å². The maximum absolute atomic E-state index is 12.6. The van der Waals surface area contributed by atoms with Crippen molar-refractivity contribution in [2.45, 2.75) is 18.5 Å². The van der Waals surface area contributed by atoms with E-state index in [1.165, 1.54) is 18.2 Å². The van der Waals surface area contributed by atoms with E-state index in [0.29, 0.717) is 6.42 Å². The van der Waals surface area contributed by atoms with Gasteiger partial charge in [0.1, 0.15) is 0 Å². The molecule has 0 aliphatic heterocycles. The maximum Gasteiger partial charge on any atom is 0.416 e. The van der Waals surface area contributed by atoms with Crippen LogP contribution in [0.15, 0.2) is 24.3 Å². The Morgan fingerprint density at radius 2 is 1.94 bits per heavy atom. The average Bonchev–Trinajstić information content (AvgIpc) is 2.95. The van der Waals surface area contributed by atoms with Crippen molar-refractivity contribution in [3.05, 3.63) is 35.4 Å². The lowest BCUT2D eigenvalue weighted by atomic mass is 10.0. The summed E-state index contributed by atoms with van der Waals surface area (Å²) in [7, 11) is 0. The molecule has 0 bridgehead atoms. The van der Waals surface area contributed by atoms with Crippen molar-refractivity contribution in [3.63, 3.8) is 0 Å². The monoisotopic (exact) mass is 230 g/mol. The van der Waals surface area contributed by atoms with E-state index in [4.69, 9.17) is 5.11 Å². The van der Waals surface area contributed by atoms with Crippen LogP contribution < -0.4 is 0 Å². The van der Waals surface area contributed by atoms with Gasteiger partial charge in [-0.3, -0.25) is 4.79 Å². The maximum atomic E-state index is 12.6. The summed E-state index contributed by atoms with van der Waals surface area (Å²) in [5.41, 5.74) is -0.619. The highest BCUT2D eigenvalue weighted by atomic mass is 19.4. The van der Waals surface area contributed by atoms with Gasteiger partial charge in [-0.05, 0) is 24.0 Å². The highest BCUT2D eigenvalue weighted by Gasteiger charge is 2.47. The second-order valence-corrected chi connectivity index (χ2v) is 3.87. The molecule has 5 heteroatoms. The summed E-state index contributed by atoms with van der Waals surface area (Å²) in [6, 6.07) is 5.16. The molecule has 1 fully saturated rings. The molecule has 1 saturated carbocycles. The van der Waals surface area contributed by atoms with E-state index >= 15 is 0 Å². The van der Waals surface area contributed by atoms with Crippen LogP contribution in [0.1, 0.15) is 23.5 Å². The molecule has 0 radical (unpaired) electrons. The molecule has 1 aromatic carbocycles. The van der Waals surface area contributed by atoms with Gasteiger partial charge < -0.3 is 5.11 Å². The molecule has 0 aromatic heterocycles. The fraction of sp³-hybridized carbons (Fsp3) is 0.364. The van der Waals surface area contributed by atoms with Crippen molar-refractivity contribution in [3.8, 4) is 0 Å². The molecule has 0 unspecified atom stereocenters. The summed E-state index contributed by atoms with van der Waals surface area (Å²) >= 11 is 0. The quantitative estimate of drug-likeness (QED) is 0.848. The van der Waals surface area contributed by atoms with E-state index in [2.05, 4.69) is 0 Å². The Labute approximate surface area is 89.7 Å². The summed E-state index contributed by atoms with van der Waals surface area (Å²) in [4.78, 5) is 10.6. The molecule has 1 aliphatic rings. The van der Waals surface area contributed by atoms with Crippen LogP contribution in [0.3, 0.4) is 0 Å². The third-order valence-corrected chi connectivity index (χ3v) is 2.77. The van der Waals surface area contributed by atoms with E-state index in [-0.39, 0.29) is 5.56 Å². The number of alkyl halides is 3. The van der Waals surface area contributed by atoms with Crippen LogP contribution >= 0.6 is 0 Å². The molecule has 0 heterocycles. The van der Waals surface area contributed by atoms with Gasteiger partial charge in [0.05, 0.1) is 11.5 Å². The number of rotatable bonds is 2. The Bertz CT molecular complexity index is 425. The Hall–Kier alpha value is -1.52. The standard InChI is InChI=1S/C11H9F3O2/c12-11(13,14)9-4-2-1-3-6(9)7-5-8(7)10(15)16/h1-4,7-8H,5H2,(H,15,16)/t7-,8+/m0/s1. The second-order valence-electron chi connectivity index (χ2n) is 3.87. The van der Waals surface area contributed by atoms with Crippen LogP contribution in [0.5, 0.6) is 0 Å². The zero-order valence-corrected chi connectivity index (χ0v) is 8.16. The third-order valence-electron chi connectivity index (χ3n) is 2.77. The molecule has 1 N–H and O–H groups in total. The van der Waals surface area contributed by atoms with Gasteiger partial charge in [0.15, 0.2) is 0 Å². The number of hydrogen-bond acceptors (Lipinski definition) is 1. The summed E-state index contributed by atoms with van der Waals surface area (Å²) in [5, 5.41) is 8.70. The summed E-state index contributed by atoms with van der Waals surface area (Å²) in [6.45, 7) is 0. The number of aliphatic carboxylic acids is 1. The first kappa shape index (κ1) is 11.0. The topological polar surface area (TPSA) is 37.3 Å². The van der Waals surface area contributed by atoms with Crippen molar-refractivity contribution >= 4 is 5.97 Å². The minimum absolute atomic E-state index is 0.0994. The first-order valence-corrected chi connectivity index (χ1v) is 4.80. The number of halogens is 3. The van der Waals surface area contributed by atoms with Gasteiger partial charge in [0.25, 0.3) is 0 Å². The number of hydrogen-bond donors (Lipinski definition) is 1. The van der Waals surface area contributed by atoms with Crippen molar-refractivity contribution in [2.75, 3.05) is 0 Å². The summed E-state index contributed by atoms with van der Waals surface area (Å²) in [5.74, 6) is -2.18. The number of benzene rings is 1. The predicted molar refractivity (Wildman–Crippen MR) is 49.9 cm³/mol. The molecule has 2 nitrogen and oxygen atoms in total. The molecule has 0 spiro atoms. The van der Waals surface area contributed by atoms with Crippen LogP contribution in [-0.2, 0) is 11.0 Å². The molecule has 0 amide bonds. The first-order valence-electron chi connectivity index (χ1n) is 4.80. The van der Waals surface area contributed by atoms with Crippen molar-refractivity contribution in [1.29, 1.82) is 0 Å². The first-order chi connectivity index (χ1) is 7.41. The van der Waals surface area contributed by atoms with E-state index in [1.807, 2.05) is 0 Å². The average molecular weight is 230 g/mol. The smallest absolute Gasteiger partial charge is 0.416 e. The highest BCUT2D eigenvalue weighted by Crippen LogP contribution is 2.50. The Morgan fingerprint density at radius 1 is 1.31 bits per heavy atom. The molecular formula is C11H9F3O2. The number of carboxylic acid groups (broad SMARTS) is 1. The van der Waals surface area contributed by atoms with Crippen LogP contribution in [0.2, 0.25) is 0 Å². The van der Waals surface area contributed by atoms with Gasteiger partial charge in [-0.25, -0.2) is 0 Å². The van der Waals surface area contributed by atoms with Crippen molar-refractivity contribution in [2.24, 2.45) is 5.92 Å². The summed E-state index contributed by atoms with van der Waals surface area (Å²) < 4.78 is 37.9. The molecule has 86 valence electrons. The lowest BCUT2D eigenvalue weighted by Crippen LogP contribution is -2.09. The Balaban J connectivity index is 2.33. The fourth-order valence-corrected chi connectivity index (χ4v) is 1.89. The minimum Gasteiger partial charge on any atom is -0.481 e. The van der Waals surface area contributed by atoms with Crippen LogP contribution in [0.4, 0.5) is 13.2 Å². The SMILES string of the molecule is O=C(O)[C@@H]1C[C@H]1c1ccccc1C(F)(F)F. The van der Waals surface area contributed by atoms with Gasteiger partial charge in [-0.1, -0.05) is 18.2 Å². The lowest BCUT2D eigenvalue weighted by molar-refractivity contribution is -0.140. The molecule has 2 rings (SSSR count). The van der Waals surface area contributed by atoms with E-state index < -0.39 is 29.5 Å². The van der Waals surface area contributed by atoms with Gasteiger partial charge in [-0.2, -0.15) is 13.2 Å². The predicted octanol–water partition coefficient (Wildman–Crippen LogP) is 2.89. The Morgan fingerprint density at radius 3 is 2.44 bits per heavy atom. The summed E-state index contributed by atoms with van der Waals surface area (Å²) in [6.07, 6.45) is -4.12. The molecule has 0 saturated heterocycles. The van der Waals surface area contributed by atoms with Gasteiger partial charge in [0.2, 0.25) is 0 Å². The number of carbonyl (C=O) groups is 1. The normalized spacial score (nSPS) is 24.2. The zero-order valence-electron chi connectivity index (χ0n) is 8.16. The van der Waals surface area contributed by atoms with Crippen molar-refractivity contribution in [1.82, 2.24) is 0 Å². The highest BCUT2D eigenvalue weighted by molar-refractivity contribution is 5.75. The minimum atomic E-state index is -4.41. The van der Waals surface area contributed by atoms with E-state index in [1.54, 1.807) is 0 Å². The lowest BCUT2D eigenvalue weighted by Gasteiger charge is -2.11. The van der Waals surface area contributed by atoms with Gasteiger partial charge in [0, 0.05) is 0 Å². The molecular weight excluding hydrogens is 221 g/mol. The van der Waals surface area contributed by atoms with Crippen LogP contribution in [0.25, 0.3) is 0 Å². The van der Waals surface area contributed by atoms with Gasteiger partial charge in [-0.15, -0.1) is 0 Å². The third kappa shape index (κ3) is 1.89. The molecule has 1 aromatic rings. The van der Waals surface area contributed by atoms with E-state index in [0.717, 1.165) is 6.07 Å². The van der Waals surface area contributed by atoms with Crippen LogP contribution in [0, 0.1) is 5.92 Å². The molecule has 1 aliphatic carbocycles. The Kier molecular flexibility index (Phi) is 2.40. The molecule has 16 heavy (non-hydrogen) atoms. The fourth-order valence-electron chi connectivity index (χ4n) is 1.89. The van der Waals surface area contributed by atoms with Crippen LogP contribution in [-0.4, -0.2) is 11.1 Å². The molecule has 2 atom stereocenters. The zero-order chi connectivity index (χ0) is 11.9. The largest absolute Gasteiger partial charge is 0.481 e. The number of carboxylic acids is 1. The van der Waals surface area contributed by atoms with E-state index in [9.17, 15) is 18.0 Å². The van der Waals surface area contributed by atoms with Gasteiger partial charge >= 0.3 is 12.1 Å². The second kappa shape index (κ2) is 3.50.